The minimum atomic E-state index is 0.632. The molecule has 0 unspecified atom stereocenters. The van der Waals surface area contributed by atoms with Crippen LogP contribution in [0.1, 0.15) is 19.8 Å². The predicted molar refractivity (Wildman–Crippen MR) is 79.9 cm³/mol. The highest BCUT2D eigenvalue weighted by Gasteiger charge is 2.04. The van der Waals surface area contributed by atoms with Gasteiger partial charge in [-0.25, -0.2) is 4.98 Å². The zero-order valence-corrected chi connectivity index (χ0v) is 11.5. The van der Waals surface area contributed by atoms with Gasteiger partial charge in [-0.2, -0.15) is 4.98 Å². The lowest BCUT2D eigenvalue weighted by atomic mass is 10.3. The molecule has 0 aliphatic carbocycles. The first kappa shape index (κ1) is 13.3. The van der Waals surface area contributed by atoms with Gasteiger partial charge in [0.05, 0.1) is 0 Å². The third-order valence-electron chi connectivity index (χ3n) is 2.91. The first-order chi connectivity index (χ1) is 9.29. The summed E-state index contributed by atoms with van der Waals surface area (Å²) in [6.07, 6.45) is 4.14. The van der Waals surface area contributed by atoms with Crippen molar-refractivity contribution >= 4 is 17.5 Å². The van der Waals surface area contributed by atoms with Crippen LogP contribution in [0.5, 0.6) is 0 Å². The van der Waals surface area contributed by atoms with Crippen molar-refractivity contribution in [2.45, 2.75) is 19.8 Å². The summed E-state index contributed by atoms with van der Waals surface area (Å²) >= 11 is 0. The molecule has 0 saturated heterocycles. The average molecular weight is 256 g/mol. The number of nitrogens with one attached hydrogen (secondary N) is 1. The lowest BCUT2D eigenvalue weighted by Gasteiger charge is -2.18. The van der Waals surface area contributed by atoms with Crippen LogP contribution in [0.25, 0.3) is 0 Å². The second kappa shape index (κ2) is 6.73. The van der Waals surface area contributed by atoms with Gasteiger partial charge in [0, 0.05) is 25.5 Å². The molecule has 2 aromatic rings. The zero-order chi connectivity index (χ0) is 13.5. The van der Waals surface area contributed by atoms with E-state index in [9.17, 15) is 0 Å². The van der Waals surface area contributed by atoms with Crippen molar-refractivity contribution in [3.8, 4) is 0 Å². The summed E-state index contributed by atoms with van der Waals surface area (Å²) in [6, 6.07) is 11.9. The highest BCUT2D eigenvalue weighted by Crippen LogP contribution is 2.15. The Morgan fingerprint density at radius 1 is 1.16 bits per heavy atom. The molecular weight excluding hydrogens is 236 g/mol. The Bertz CT molecular complexity index is 499. The molecule has 100 valence electrons. The van der Waals surface area contributed by atoms with E-state index in [1.165, 1.54) is 12.8 Å². The maximum Gasteiger partial charge on any atom is 0.229 e. The van der Waals surface area contributed by atoms with Crippen molar-refractivity contribution in [2.75, 3.05) is 23.8 Å². The molecule has 0 fully saturated rings. The highest BCUT2D eigenvalue weighted by atomic mass is 15.2. The lowest BCUT2D eigenvalue weighted by molar-refractivity contribution is 0.759. The van der Waals surface area contributed by atoms with Crippen molar-refractivity contribution in [1.82, 2.24) is 9.97 Å². The fourth-order valence-electron chi connectivity index (χ4n) is 1.78. The zero-order valence-electron chi connectivity index (χ0n) is 11.5. The van der Waals surface area contributed by atoms with E-state index in [0.29, 0.717) is 5.95 Å². The van der Waals surface area contributed by atoms with E-state index in [0.717, 1.165) is 18.1 Å². The van der Waals surface area contributed by atoms with Gasteiger partial charge < -0.3 is 10.2 Å². The number of hydrogen-bond acceptors (Lipinski definition) is 4. The molecule has 0 saturated carbocycles. The molecule has 0 atom stereocenters. The molecule has 0 amide bonds. The normalized spacial score (nSPS) is 10.2. The van der Waals surface area contributed by atoms with Gasteiger partial charge >= 0.3 is 0 Å². The van der Waals surface area contributed by atoms with Crippen molar-refractivity contribution in [2.24, 2.45) is 0 Å². The second-order valence-corrected chi connectivity index (χ2v) is 4.50. The average Bonchev–Trinajstić information content (AvgIpc) is 2.46. The van der Waals surface area contributed by atoms with E-state index in [-0.39, 0.29) is 0 Å². The van der Waals surface area contributed by atoms with Crippen LogP contribution in [-0.2, 0) is 0 Å². The molecule has 1 N–H and O–H groups in total. The van der Waals surface area contributed by atoms with Crippen LogP contribution in [0.2, 0.25) is 0 Å². The van der Waals surface area contributed by atoms with Crippen molar-refractivity contribution in [3.05, 3.63) is 42.6 Å². The Balaban J connectivity index is 2.06. The molecule has 19 heavy (non-hydrogen) atoms. The van der Waals surface area contributed by atoms with Crippen LogP contribution < -0.4 is 10.2 Å². The van der Waals surface area contributed by atoms with Crippen LogP contribution in [0, 0.1) is 0 Å². The Morgan fingerprint density at radius 3 is 2.68 bits per heavy atom. The topological polar surface area (TPSA) is 41.1 Å². The Labute approximate surface area is 114 Å². The van der Waals surface area contributed by atoms with E-state index in [1.807, 2.05) is 36.4 Å². The number of para-hydroxylation sites is 1. The Kier molecular flexibility index (Phi) is 4.72. The van der Waals surface area contributed by atoms with Gasteiger partial charge in [0.25, 0.3) is 0 Å². The van der Waals surface area contributed by atoms with Gasteiger partial charge in [0.1, 0.15) is 5.82 Å². The van der Waals surface area contributed by atoms with Crippen LogP contribution in [0.15, 0.2) is 42.6 Å². The summed E-state index contributed by atoms with van der Waals surface area (Å²) in [4.78, 5) is 10.9. The summed E-state index contributed by atoms with van der Waals surface area (Å²) in [5.74, 6) is 1.58. The molecule has 4 nitrogen and oxygen atoms in total. The first-order valence-electron chi connectivity index (χ1n) is 6.66. The smallest absolute Gasteiger partial charge is 0.229 e. The molecule has 4 heteroatoms. The summed E-state index contributed by atoms with van der Waals surface area (Å²) in [7, 11) is 2.06. The molecule has 1 aromatic carbocycles. The van der Waals surface area contributed by atoms with Crippen molar-refractivity contribution in [1.29, 1.82) is 0 Å². The minimum Gasteiger partial charge on any atom is -0.360 e. The van der Waals surface area contributed by atoms with Gasteiger partial charge in [-0.15, -0.1) is 0 Å². The molecule has 0 radical (unpaired) electrons. The van der Waals surface area contributed by atoms with Crippen LogP contribution in [0.4, 0.5) is 17.5 Å². The maximum atomic E-state index is 4.52. The van der Waals surface area contributed by atoms with Gasteiger partial charge in [-0.05, 0) is 24.6 Å². The molecule has 1 heterocycles. The number of benzene rings is 1. The lowest BCUT2D eigenvalue weighted by Crippen LogP contribution is -2.19. The van der Waals surface area contributed by atoms with Crippen LogP contribution in [0.3, 0.4) is 0 Å². The van der Waals surface area contributed by atoms with Gasteiger partial charge in [0.2, 0.25) is 5.95 Å². The van der Waals surface area contributed by atoms with E-state index >= 15 is 0 Å². The SMILES string of the molecule is CCCCN(C)c1ccnc(Nc2ccccc2)n1. The highest BCUT2D eigenvalue weighted by molar-refractivity contribution is 5.54. The summed E-state index contributed by atoms with van der Waals surface area (Å²) in [5.41, 5.74) is 0.996. The number of rotatable bonds is 6. The number of anilines is 3. The number of unbranched alkanes of at least 4 members (excludes halogenated alkanes) is 1. The van der Waals surface area contributed by atoms with Gasteiger partial charge in [-0.3, -0.25) is 0 Å². The first-order valence-corrected chi connectivity index (χ1v) is 6.66. The molecule has 0 aliphatic heterocycles. The molecule has 1 aromatic heterocycles. The molecule has 2 rings (SSSR count). The Morgan fingerprint density at radius 2 is 1.95 bits per heavy atom. The largest absolute Gasteiger partial charge is 0.360 e. The monoisotopic (exact) mass is 256 g/mol. The van der Waals surface area contributed by atoms with Crippen LogP contribution >= 0.6 is 0 Å². The van der Waals surface area contributed by atoms with E-state index in [4.69, 9.17) is 0 Å². The quantitative estimate of drug-likeness (QED) is 0.859. The fraction of sp³-hybridized carbons (Fsp3) is 0.333. The molecule has 0 spiro atoms. The third-order valence-corrected chi connectivity index (χ3v) is 2.91. The van der Waals surface area contributed by atoms with Gasteiger partial charge in [-0.1, -0.05) is 31.5 Å². The number of aromatic nitrogens is 2. The molecular formula is C15H20N4. The van der Waals surface area contributed by atoms with E-state index in [2.05, 4.69) is 34.2 Å². The Hall–Kier alpha value is -2.10. The van der Waals surface area contributed by atoms with Crippen LogP contribution in [-0.4, -0.2) is 23.6 Å². The van der Waals surface area contributed by atoms with Crippen molar-refractivity contribution < 1.29 is 0 Å². The minimum absolute atomic E-state index is 0.632. The molecule has 0 aliphatic rings. The predicted octanol–water partition coefficient (Wildman–Crippen LogP) is 3.46. The number of hydrogen-bond donors (Lipinski definition) is 1. The fourth-order valence-corrected chi connectivity index (χ4v) is 1.78. The standard InChI is InChI=1S/C15H20N4/c1-3-4-12-19(2)14-10-11-16-15(18-14)17-13-8-6-5-7-9-13/h5-11H,3-4,12H2,1-2H3,(H,16,17,18). The van der Waals surface area contributed by atoms with Gasteiger partial charge in [0.15, 0.2) is 0 Å². The second-order valence-electron chi connectivity index (χ2n) is 4.50. The number of nitrogens with zero attached hydrogens (tertiary/aromatic N) is 3. The summed E-state index contributed by atoms with van der Waals surface area (Å²) < 4.78 is 0. The third kappa shape index (κ3) is 3.95. The van der Waals surface area contributed by atoms with E-state index in [1.54, 1.807) is 6.20 Å². The summed E-state index contributed by atoms with van der Waals surface area (Å²) in [5, 5.41) is 3.21. The summed E-state index contributed by atoms with van der Waals surface area (Å²) in [6.45, 7) is 3.20. The molecule has 0 bridgehead atoms. The maximum absolute atomic E-state index is 4.52. The van der Waals surface area contributed by atoms with E-state index < -0.39 is 0 Å². The van der Waals surface area contributed by atoms with Crippen molar-refractivity contribution in [3.63, 3.8) is 0 Å².